The van der Waals surface area contributed by atoms with Crippen LogP contribution in [0.15, 0.2) is 0 Å². The van der Waals surface area contributed by atoms with Crippen LogP contribution in [0.4, 0.5) is 0 Å². The summed E-state index contributed by atoms with van der Waals surface area (Å²) in [6.45, 7) is 2.13. The number of carbonyl (C=O) groups excluding carboxylic acids is 1. The van der Waals surface area contributed by atoms with Crippen LogP contribution >= 0.6 is 0 Å². The Morgan fingerprint density at radius 3 is 2.36 bits per heavy atom. The molecule has 80 valence electrons. The van der Waals surface area contributed by atoms with E-state index in [1.54, 1.807) is 0 Å². The van der Waals surface area contributed by atoms with Gasteiger partial charge in [-0.2, -0.15) is 0 Å². The molecule has 0 aromatic heterocycles. The van der Waals surface area contributed by atoms with E-state index in [2.05, 4.69) is 0 Å². The molecule has 3 heteroatoms. The summed E-state index contributed by atoms with van der Waals surface area (Å²) in [5, 5.41) is 8.81. The van der Waals surface area contributed by atoms with Crippen LogP contribution in [-0.2, 0) is 4.79 Å². The highest BCUT2D eigenvalue weighted by molar-refractivity contribution is 5.81. The van der Waals surface area contributed by atoms with Crippen LogP contribution in [0.25, 0.3) is 0 Å². The number of aliphatic hydroxyl groups is 1. The van der Waals surface area contributed by atoms with E-state index < -0.39 is 0 Å². The predicted molar refractivity (Wildman–Crippen MR) is 53.7 cm³/mol. The van der Waals surface area contributed by atoms with E-state index in [1.807, 2.05) is 4.90 Å². The molecule has 0 unspecified atom stereocenters. The fourth-order valence-corrected chi connectivity index (χ4v) is 2.21. The molecule has 3 nitrogen and oxygen atoms in total. The zero-order chi connectivity index (χ0) is 9.97. The third kappa shape index (κ3) is 2.27. The Labute approximate surface area is 85.1 Å². The first kappa shape index (κ1) is 9.97. The molecule has 1 saturated carbocycles. The second-order valence-electron chi connectivity index (χ2n) is 4.56. The minimum atomic E-state index is 0.293. The fraction of sp³-hybridized carbons (Fsp3) is 0.909. The molecule has 0 aromatic rings. The maximum Gasteiger partial charge on any atom is 0.225 e. The lowest BCUT2D eigenvalue weighted by atomic mass is 9.94. The average molecular weight is 197 g/mol. The van der Waals surface area contributed by atoms with Crippen molar-refractivity contribution in [3.63, 3.8) is 0 Å². The average Bonchev–Trinajstić information content (AvgIpc) is 3.02. The van der Waals surface area contributed by atoms with Crippen LogP contribution in [0.1, 0.15) is 32.1 Å². The molecule has 2 rings (SSSR count). The molecule has 0 spiro atoms. The maximum absolute atomic E-state index is 11.7. The molecule has 0 radical (unpaired) electrons. The third-order valence-electron chi connectivity index (χ3n) is 3.39. The molecule has 1 aliphatic carbocycles. The van der Waals surface area contributed by atoms with E-state index in [-0.39, 0.29) is 0 Å². The summed E-state index contributed by atoms with van der Waals surface area (Å²) < 4.78 is 0. The van der Waals surface area contributed by atoms with E-state index in [0.29, 0.717) is 24.3 Å². The Morgan fingerprint density at radius 1 is 1.21 bits per heavy atom. The van der Waals surface area contributed by atoms with Crippen molar-refractivity contribution >= 4 is 5.91 Å². The van der Waals surface area contributed by atoms with Gasteiger partial charge in [-0.05, 0) is 38.0 Å². The molecule has 1 aliphatic heterocycles. The molecule has 2 aliphatic rings. The quantitative estimate of drug-likeness (QED) is 0.733. The number of piperidine rings is 1. The van der Waals surface area contributed by atoms with Crippen molar-refractivity contribution in [3.05, 3.63) is 0 Å². The zero-order valence-electron chi connectivity index (χ0n) is 8.61. The fourth-order valence-electron chi connectivity index (χ4n) is 2.21. The number of likely N-dealkylation sites (tertiary alicyclic amines) is 1. The van der Waals surface area contributed by atoms with Gasteiger partial charge in [0.1, 0.15) is 0 Å². The van der Waals surface area contributed by atoms with Crippen molar-refractivity contribution < 1.29 is 9.90 Å². The second-order valence-corrected chi connectivity index (χ2v) is 4.56. The van der Waals surface area contributed by atoms with E-state index in [0.717, 1.165) is 45.2 Å². The van der Waals surface area contributed by atoms with Crippen LogP contribution < -0.4 is 0 Å². The van der Waals surface area contributed by atoms with Gasteiger partial charge >= 0.3 is 0 Å². The van der Waals surface area contributed by atoms with Crippen LogP contribution in [0.2, 0.25) is 0 Å². The lowest BCUT2D eigenvalue weighted by Gasteiger charge is -2.31. The first-order chi connectivity index (χ1) is 6.81. The van der Waals surface area contributed by atoms with Crippen molar-refractivity contribution in [1.29, 1.82) is 0 Å². The van der Waals surface area contributed by atoms with Gasteiger partial charge in [0.2, 0.25) is 5.91 Å². The molecular weight excluding hydrogens is 178 g/mol. The summed E-state index contributed by atoms with van der Waals surface area (Å²) in [6, 6.07) is 0. The van der Waals surface area contributed by atoms with Gasteiger partial charge < -0.3 is 10.0 Å². The lowest BCUT2D eigenvalue weighted by molar-refractivity contribution is -0.134. The first-order valence-corrected chi connectivity index (χ1v) is 5.71. The topological polar surface area (TPSA) is 40.5 Å². The van der Waals surface area contributed by atoms with Crippen LogP contribution in [0, 0.1) is 11.8 Å². The highest BCUT2D eigenvalue weighted by atomic mass is 16.3. The number of aliphatic hydroxyl groups excluding tert-OH is 1. The summed E-state index contributed by atoms with van der Waals surface area (Å²) in [4.78, 5) is 13.7. The molecule has 1 N–H and O–H groups in total. The minimum Gasteiger partial charge on any atom is -0.396 e. The highest BCUT2D eigenvalue weighted by Crippen LogP contribution is 2.32. The van der Waals surface area contributed by atoms with Gasteiger partial charge in [-0.15, -0.1) is 0 Å². The number of amides is 1. The Morgan fingerprint density at radius 2 is 1.86 bits per heavy atom. The van der Waals surface area contributed by atoms with E-state index in [1.165, 1.54) is 0 Å². The van der Waals surface area contributed by atoms with Gasteiger partial charge in [-0.25, -0.2) is 0 Å². The Balaban J connectivity index is 1.74. The molecule has 0 atom stereocenters. The summed E-state index contributed by atoms with van der Waals surface area (Å²) >= 11 is 0. The SMILES string of the molecule is O=C(C1CC1)N1CCC(CCO)CC1. The number of nitrogens with zero attached hydrogens (tertiary/aromatic N) is 1. The molecule has 2 fully saturated rings. The molecule has 14 heavy (non-hydrogen) atoms. The Kier molecular flexibility index (Phi) is 3.06. The Hall–Kier alpha value is -0.570. The third-order valence-corrected chi connectivity index (χ3v) is 3.39. The maximum atomic E-state index is 11.7. The highest BCUT2D eigenvalue weighted by Gasteiger charge is 2.34. The van der Waals surface area contributed by atoms with E-state index >= 15 is 0 Å². The normalized spacial score (nSPS) is 23.9. The monoisotopic (exact) mass is 197 g/mol. The first-order valence-electron chi connectivity index (χ1n) is 5.71. The number of hydrogen-bond acceptors (Lipinski definition) is 2. The van der Waals surface area contributed by atoms with Gasteiger partial charge in [0.15, 0.2) is 0 Å². The van der Waals surface area contributed by atoms with E-state index in [4.69, 9.17) is 5.11 Å². The zero-order valence-corrected chi connectivity index (χ0v) is 8.61. The van der Waals surface area contributed by atoms with Crippen molar-refractivity contribution in [3.8, 4) is 0 Å². The van der Waals surface area contributed by atoms with Crippen molar-refractivity contribution in [2.24, 2.45) is 11.8 Å². The molecule has 0 bridgehead atoms. The van der Waals surface area contributed by atoms with Crippen molar-refractivity contribution in [2.45, 2.75) is 32.1 Å². The van der Waals surface area contributed by atoms with Gasteiger partial charge in [0.25, 0.3) is 0 Å². The largest absolute Gasteiger partial charge is 0.396 e. The lowest BCUT2D eigenvalue weighted by Crippen LogP contribution is -2.39. The summed E-state index contributed by atoms with van der Waals surface area (Å²) in [5.41, 5.74) is 0. The standard InChI is InChI=1S/C11H19NO2/c13-8-5-9-3-6-12(7-4-9)11(14)10-1-2-10/h9-10,13H,1-8H2. The molecule has 1 heterocycles. The number of hydrogen-bond donors (Lipinski definition) is 1. The van der Waals surface area contributed by atoms with Crippen LogP contribution in [0.5, 0.6) is 0 Å². The van der Waals surface area contributed by atoms with Gasteiger partial charge in [-0.3, -0.25) is 4.79 Å². The number of rotatable bonds is 3. The minimum absolute atomic E-state index is 0.293. The van der Waals surface area contributed by atoms with Gasteiger partial charge in [0.05, 0.1) is 0 Å². The Bertz CT molecular complexity index is 205. The summed E-state index contributed by atoms with van der Waals surface area (Å²) in [6.07, 6.45) is 5.29. The number of carbonyl (C=O) groups is 1. The van der Waals surface area contributed by atoms with Crippen molar-refractivity contribution in [1.82, 2.24) is 4.90 Å². The van der Waals surface area contributed by atoms with Crippen molar-refractivity contribution in [2.75, 3.05) is 19.7 Å². The second kappa shape index (κ2) is 4.30. The summed E-state index contributed by atoms with van der Waals surface area (Å²) in [7, 11) is 0. The smallest absolute Gasteiger partial charge is 0.225 e. The van der Waals surface area contributed by atoms with Gasteiger partial charge in [-0.1, -0.05) is 0 Å². The van der Waals surface area contributed by atoms with Crippen LogP contribution in [-0.4, -0.2) is 35.6 Å². The van der Waals surface area contributed by atoms with E-state index in [9.17, 15) is 4.79 Å². The van der Waals surface area contributed by atoms with Crippen LogP contribution in [0.3, 0.4) is 0 Å². The molecule has 1 saturated heterocycles. The molecule has 1 amide bonds. The summed E-state index contributed by atoms with van der Waals surface area (Å²) in [5.74, 6) is 1.39. The predicted octanol–water partition coefficient (Wildman–Crippen LogP) is 1.02. The molecule has 0 aromatic carbocycles. The van der Waals surface area contributed by atoms with Gasteiger partial charge in [0, 0.05) is 25.6 Å². The molecular formula is C11H19NO2.